The first-order chi connectivity index (χ1) is 9.56. The second kappa shape index (κ2) is 6.72. The van der Waals surface area contributed by atoms with Gasteiger partial charge in [0, 0.05) is 19.1 Å². The van der Waals surface area contributed by atoms with E-state index in [9.17, 15) is 4.79 Å². The van der Waals surface area contributed by atoms with Crippen LogP contribution in [0.25, 0.3) is 0 Å². The number of anilines is 1. The summed E-state index contributed by atoms with van der Waals surface area (Å²) in [6, 6.07) is 0.500. The summed E-state index contributed by atoms with van der Waals surface area (Å²) in [7, 11) is 0. The highest BCUT2D eigenvalue weighted by Crippen LogP contribution is 2.26. The lowest BCUT2D eigenvalue weighted by atomic mass is 10.1. The standard InChI is InChI=1S/C14H23BrN4O/c1-4-18(11-6-5-7-16-8-11)12-9-17-19(10(2)3)14(20)13(12)15/h9-11,16H,4-8H2,1-3H3. The maximum atomic E-state index is 12.3. The monoisotopic (exact) mass is 342 g/mol. The molecule has 0 radical (unpaired) electrons. The van der Waals surface area contributed by atoms with Crippen LogP contribution in [0.2, 0.25) is 0 Å². The summed E-state index contributed by atoms with van der Waals surface area (Å²) in [5.41, 5.74) is 0.850. The molecule has 1 fully saturated rings. The first-order valence-corrected chi connectivity index (χ1v) is 8.10. The summed E-state index contributed by atoms with van der Waals surface area (Å²) >= 11 is 3.47. The van der Waals surface area contributed by atoms with Crippen LogP contribution in [0.4, 0.5) is 5.69 Å². The number of nitrogens with one attached hydrogen (secondary N) is 1. The summed E-state index contributed by atoms with van der Waals surface area (Å²) in [6.07, 6.45) is 4.14. The lowest BCUT2D eigenvalue weighted by Crippen LogP contribution is -2.47. The van der Waals surface area contributed by atoms with Gasteiger partial charge >= 0.3 is 0 Å². The largest absolute Gasteiger partial charge is 0.365 e. The number of halogens is 1. The molecule has 2 heterocycles. The van der Waals surface area contributed by atoms with Crippen LogP contribution >= 0.6 is 15.9 Å². The van der Waals surface area contributed by atoms with E-state index < -0.39 is 0 Å². The van der Waals surface area contributed by atoms with Crippen molar-refractivity contribution in [3.63, 3.8) is 0 Å². The fourth-order valence-electron chi connectivity index (χ4n) is 2.73. The lowest BCUT2D eigenvalue weighted by Gasteiger charge is -2.36. The Bertz CT molecular complexity index is 508. The molecular weight excluding hydrogens is 320 g/mol. The molecule has 1 N–H and O–H groups in total. The average molecular weight is 343 g/mol. The average Bonchev–Trinajstić information content (AvgIpc) is 2.45. The van der Waals surface area contributed by atoms with E-state index in [4.69, 9.17) is 0 Å². The van der Waals surface area contributed by atoms with Crippen LogP contribution in [-0.4, -0.2) is 35.5 Å². The van der Waals surface area contributed by atoms with Crippen LogP contribution in [0.1, 0.15) is 39.7 Å². The number of hydrogen-bond donors (Lipinski definition) is 1. The minimum atomic E-state index is -0.0558. The molecule has 5 nitrogen and oxygen atoms in total. The summed E-state index contributed by atoms with van der Waals surface area (Å²) in [5.74, 6) is 0. The van der Waals surface area contributed by atoms with Gasteiger partial charge in [0.25, 0.3) is 5.56 Å². The fraction of sp³-hybridized carbons (Fsp3) is 0.714. The van der Waals surface area contributed by atoms with Gasteiger partial charge in [-0.05, 0) is 56.1 Å². The molecule has 1 aromatic rings. The number of nitrogens with zero attached hydrogens (tertiary/aromatic N) is 3. The van der Waals surface area contributed by atoms with Gasteiger partial charge in [-0.1, -0.05) is 0 Å². The van der Waals surface area contributed by atoms with E-state index >= 15 is 0 Å². The topological polar surface area (TPSA) is 50.2 Å². The maximum Gasteiger partial charge on any atom is 0.283 e. The Hall–Kier alpha value is -0.880. The molecule has 112 valence electrons. The summed E-state index contributed by atoms with van der Waals surface area (Å²) in [4.78, 5) is 14.6. The molecule has 1 saturated heterocycles. The van der Waals surface area contributed by atoms with E-state index in [2.05, 4.69) is 38.2 Å². The zero-order valence-corrected chi connectivity index (χ0v) is 14.0. The smallest absolute Gasteiger partial charge is 0.283 e. The predicted octanol–water partition coefficient (Wildman–Crippen LogP) is 2.17. The van der Waals surface area contributed by atoms with Gasteiger partial charge in [-0.15, -0.1) is 0 Å². The SMILES string of the molecule is CCN(c1cnn(C(C)C)c(=O)c1Br)C1CCCNC1. The highest BCUT2D eigenvalue weighted by atomic mass is 79.9. The molecule has 2 rings (SSSR count). The third kappa shape index (κ3) is 3.06. The highest BCUT2D eigenvalue weighted by molar-refractivity contribution is 9.10. The normalized spacial score (nSPS) is 19.4. The Kier molecular flexibility index (Phi) is 5.21. The third-order valence-electron chi connectivity index (χ3n) is 3.78. The van der Waals surface area contributed by atoms with Gasteiger partial charge in [0.2, 0.25) is 0 Å². The molecule has 6 heteroatoms. The Balaban J connectivity index is 2.35. The van der Waals surface area contributed by atoms with Gasteiger partial charge in [0.05, 0.1) is 17.9 Å². The highest BCUT2D eigenvalue weighted by Gasteiger charge is 2.23. The molecule has 1 aliphatic rings. The Labute approximate surface area is 128 Å². The predicted molar refractivity (Wildman–Crippen MR) is 85.5 cm³/mol. The molecule has 1 atom stereocenters. The molecule has 0 aromatic carbocycles. The van der Waals surface area contributed by atoms with Gasteiger partial charge in [-0.2, -0.15) is 5.10 Å². The fourth-order valence-corrected chi connectivity index (χ4v) is 3.24. The number of piperidine rings is 1. The van der Waals surface area contributed by atoms with Gasteiger partial charge < -0.3 is 10.2 Å². The first kappa shape index (κ1) is 15.5. The van der Waals surface area contributed by atoms with Crippen molar-refractivity contribution < 1.29 is 0 Å². The Morgan fingerprint density at radius 2 is 2.35 bits per heavy atom. The molecule has 0 aliphatic carbocycles. The van der Waals surface area contributed by atoms with Crippen LogP contribution in [-0.2, 0) is 0 Å². The maximum absolute atomic E-state index is 12.3. The molecular formula is C14H23BrN4O. The minimum absolute atomic E-state index is 0.0558. The van der Waals surface area contributed by atoms with E-state index in [1.54, 1.807) is 0 Å². The number of likely N-dealkylation sites (N-methyl/N-ethyl adjacent to an activating group) is 1. The summed E-state index contributed by atoms with van der Waals surface area (Å²) in [6.45, 7) is 8.97. The van der Waals surface area contributed by atoms with Gasteiger partial charge in [-0.3, -0.25) is 4.79 Å². The molecule has 1 aromatic heterocycles. The van der Waals surface area contributed by atoms with Crippen LogP contribution in [0.15, 0.2) is 15.5 Å². The van der Waals surface area contributed by atoms with Crippen molar-refractivity contribution in [1.82, 2.24) is 15.1 Å². The van der Waals surface area contributed by atoms with Gasteiger partial charge in [-0.25, -0.2) is 4.68 Å². The van der Waals surface area contributed by atoms with Gasteiger partial charge in [0.15, 0.2) is 0 Å². The second-order valence-electron chi connectivity index (χ2n) is 5.47. The number of aromatic nitrogens is 2. The second-order valence-corrected chi connectivity index (χ2v) is 6.27. The van der Waals surface area contributed by atoms with Crippen LogP contribution in [0, 0.1) is 0 Å². The molecule has 0 bridgehead atoms. The van der Waals surface area contributed by atoms with Crippen molar-refractivity contribution in [2.45, 2.75) is 45.7 Å². The first-order valence-electron chi connectivity index (χ1n) is 7.31. The number of rotatable bonds is 4. The summed E-state index contributed by atoms with van der Waals surface area (Å²) < 4.78 is 2.13. The van der Waals surface area contributed by atoms with Gasteiger partial charge in [0.1, 0.15) is 4.47 Å². The van der Waals surface area contributed by atoms with Crippen LogP contribution < -0.4 is 15.8 Å². The molecule has 1 unspecified atom stereocenters. The van der Waals surface area contributed by atoms with Crippen molar-refractivity contribution in [2.24, 2.45) is 0 Å². The molecule has 1 aliphatic heterocycles. The minimum Gasteiger partial charge on any atom is -0.365 e. The molecule has 0 amide bonds. The Morgan fingerprint density at radius 1 is 1.60 bits per heavy atom. The van der Waals surface area contributed by atoms with E-state index in [1.807, 2.05) is 20.0 Å². The third-order valence-corrected chi connectivity index (χ3v) is 4.52. The van der Waals surface area contributed by atoms with Crippen molar-refractivity contribution >= 4 is 21.6 Å². The number of hydrogen-bond acceptors (Lipinski definition) is 4. The van der Waals surface area contributed by atoms with Crippen LogP contribution in [0.3, 0.4) is 0 Å². The molecule has 20 heavy (non-hydrogen) atoms. The van der Waals surface area contributed by atoms with Crippen LogP contribution in [0.5, 0.6) is 0 Å². The van der Waals surface area contributed by atoms with E-state index in [0.717, 1.165) is 31.7 Å². The van der Waals surface area contributed by atoms with Crippen molar-refractivity contribution in [2.75, 3.05) is 24.5 Å². The van der Waals surface area contributed by atoms with Crippen molar-refractivity contribution in [3.05, 3.63) is 21.0 Å². The lowest BCUT2D eigenvalue weighted by molar-refractivity contribution is 0.432. The summed E-state index contributed by atoms with van der Waals surface area (Å²) in [5, 5.41) is 7.74. The molecule has 0 spiro atoms. The van der Waals surface area contributed by atoms with E-state index in [-0.39, 0.29) is 11.6 Å². The van der Waals surface area contributed by atoms with E-state index in [1.165, 1.54) is 11.1 Å². The zero-order chi connectivity index (χ0) is 14.7. The van der Waals surface area contributed by atoms with Crippen molar-refractivity contribution in [1.29, 1.82) is 0 Å². The van der Waals surface area contributed by atoms with E-state index in [0.29, 0.717) is 10.5 Å². The quantitative estimate of drug-likeness (QED) is 0.910. The van der Waals surface area contributed by atoms with Crippen molar-refractivity contribution in [3.8, 4) is 0 Å². The Morgan fingerprint density at radius 3 is 2.90 bits per heavy atom. The zero-order valence-electron chi connectivity index (χ0n) is 12.4. The molecule has 0 saturated carbocycles.